The van der Waals surface area contributed by atoms with Crippen LogP contribution in [0, 0.1) is 0 Å². The van der Waals surface area contributed by atoms with Crippen LogP contribution in [0.5, 0.6) is 0 Å². The van der Waals surface area contributed by atoms with Gasteiger partial charge in [-0.2, -0.15) is 0 Å². The van der Waals surface area contributed by atoms with Gasteiger partial charge in [-0.05, 0) is 44.9 Å². The SMILES string of the molecule is CCCCCC/C=C\CCCCCCCCCC(=O)NC(COC1OC(CO)C(O)C(O)C1O)C(O)/C=C/CCCCCCCCCCCCCC. The molecule has 7 atom stereocenters. The van der Waals surface area contributed by atoms with Gasteiger partial charge in [0.25, 0.3) is 0 Å². The van der Waals surface area contributed by atoms with Crippen LogP contribution in [-0.2, 0) is 14.3 Å². The van der Waals surface area contributed by atoms with Crippen LogP contribution in [0.4, 0.5) is 0 Å². The van der Waals surface area contributed by atoms with E-state index in [1.165, 1.54) is 122 Å². The van der Waals surface area contributed by atoms with Gasteiger partial charge in [-0.25, -0.2) is 0 Å². The molecular weight excluding hydrogens is 658 g/mol. The summed E-state index contributed by atoms with van der Waals surface area (Å²) in [4.78, 5) is 12.9. The minimum absolute atomic E-state index is 0.183. The maximum atomic E-state index is 12.9. The highest BCUT2D eigenvalue weighted by Crippen LogP contribution is 2.22. The van der Waals surface area contributed by atoms with E-state index in [2.05, 4.69) is 31.3 Å². The first kappa shape index (κ1) is 48.7. The molecule has 0 aromatic heterocycles. The second-order valence-corrected chi connectivity index (χ2v) is 15.1. The number of hydrogen-bond acceptors (Lipinski definition) is 8. The molecule has 0 radical (unpaired) electrons. The molecule has 1 aliphatic rings. The molecule has 0 saturated carbocycles. The molecule has 9 heteroatoms. The molecular formula is C43H81NO8. The Morgan fingerprint density at radius 3 is 1.58 bits per heavy atom. The van der Waals surface area contributed by atoms with Crippen LogP contribution in [0.2, 0.25) is 0 Å². The number of aliphatic hydroxyl groups excluding tert-OH is 5. The summed E-state index contributed by atoms with van der Waals surface area (Å²) in [5.41, 5.74) is 0. The maximum absolute atomic E-state index is 12.9. The fourth-order valence-electron chi connectivity index (χ4n) is 6.74. The minimum atomic E-state index is -1.56. The topological polar surface area (TPSA) is 149 Å². The quantitative estimate of drug-likeness (QED) is 0.0281. The first-order valence-electron chi connectivity index (χ1n) is 21.6. The van der Waals surface area contributed by atoms with Gasteiger partial charge in [0.05, 0.1) is 25.4 Å². The lowest BCUT2D eigenvalue weighted by Crippen LogP contribution is -2.60. The van der Waals surface area contributed by atoms with Crippen molar-refractivity contribution in [2.45, 2.75) is 230 Å². The fraction of sp³-hybridized carbons (Fsp3) is 0.884. The highest BCUT2D eigenvalue weighted by Gasteiger charge is 2.44. The van der Waals surface area contributed by atoms with E-state index in [0.717, 1.165) is 44.9 Å². The molecule has 1 fully saturated rings. The molecule has 0 spiro atoms. The number of aliphatic hydroxyl groups is 5. The first-order chi connectivity index (χ1) is 25.3. The van der Waals surface area contributed by atoms with Gasteiger partial charge in [-0.1, -0.05) is 160 Å². The number of amides is 1. The molecule has 1 amide bonds. The number of hydrogen-bond donors (Lipinski definition) is 6. The smallest absolute Gasteiger partial charge is 0.220 e. The number of carbonyl (C=O) groups excluding carboxylic acids is 1. The third-order valence-electron chi connectivity index (χ3n) is 10.3. The van der Waals surface area contributed by atoms with Crippen molar-refractivity contribution in [1.82, 2.24) is 5.32 Å². The molecule has 0 aliphatic carbocycles. The Kier molecular flexibility index (Phi) is 32.0. The molecule has 52 heavy (non-hydrogen) atoms. The number of ether oxygens (including phenoxy) is 2. The van der Waals surface area contributed by atoms with Crippen molar-refractivity contribution in [2.75, 3.05) is 13.2 Å². The first-order valence-corrected chi connectivity index (χ1v) is 21.6. The van der Waals surface area contributed by atoms with Crippen LogP contribution in [0.15, 0.2) is 24.3 Å². The molecule has 9 nitrogen and oxygen atoms in total. The third kappa shape index (κ3) is 24.9. The second kappa shape index (κ2) is 34.2. The lowest BCUT2D eigenvalue weighted by molar-refractivity contribution is -0.302. The van der Waals surface area contributed by atoms with Gasteiger partial charge in [0.2, 0.25) is 5.91 Å². The van der Waals surface area contributed by atoms with E-state index in [9.17, 15) is 30.3 Å². The maximum Gasteiger partial charge on any atom is 0.220 e. The minimum Gasteiger partial charge on any atom is -0.394 e. The summed E-state index contributed by atoms with van der Waals surface area (Å²) < 4.78 is 11.2. The van der Waals surface area contributed by atoms with E-state index in [1.54, 1.807) is 6.08 Å². The molecule has 1 aliphatic heterocycles. The molecule has 1 saturated heterocycles. The Morgan fingerprint density at radius 1 is 0.635 bits per heavy atom. The molecule has 7 unspecified atom stereocenters. The number of unbranched alkanes of at least 4 members (excludes halogenated alkanes) is 23. The Morgan fingerprint density at radius 2 is 1.08 bits per heavy atom. The van der Waals surface area contributed by atoms with E-state index in [4.69, 9.17) is 9.47 Å². The monoisotopic (exact) mass is 740 g/mol. The van der Waals surface area contributed by atoms with Crippen molar-refractivity contribution in [3.8, 4) is 0 Å². The average Bonchev–Trinajstić information content (AvgIpc) is 3.14. The Bertz CT molecular complexity index is 868. The van der Waals surface area contributed by atoms with E-state index in [1.807, 2.05) is 6.08 Å². The van der Waals surface area contributed by atoms with E-state index in [0.29, 0.717) is 6.42 Å². The highest BCUT2D eigenvalue weighted by molar-refractivity contribution is 5.76. The summed E-state index contributed by atoms with van der Waals surface area (Å²) in [5, 5.41) is 54.1. The summed E-state index contributed by atoms with van der Waals surface area (Å²) in [6.07, 6.45) is 32.1. The lowest BCUT2D eigenvalue weighted by Gasteiger charge is -2.40. The van der Waals surface area contributed by atoms with E-state index in [-0.39, 0.29) is 12.5 Å². The van der Waals surface area contributed by atoms with Gasteiger partial charge in [0.15, 0.2) is 6.29 Å². The van der Waals surface area contributed by atoms with E-state index >= 15 is 0 Å². The summed E-state index contributed by atoms with van der Waals surface area (Å²) in [7, 11) is 0. The van der Waals surface area contributed by atoms with Crippen molar-refractivity contribution in [2.24, 2.45) is 0 Å². The zero-order valence-electron chi connectivity index (χ0n) is 33.3. The van der Waals surface area contributed by atoms with Gasteiger partial charge < -0.3 is 40.3 Å². The molecule has 0 aromatic carbocycles. The predicted octanol–water partition coefficient (Wildman–Crippen LogP) is 8.33. The molecule has 306 valence electrons. The molecule has 6 N–H and O–H groups in total. The largest absolute Gasteiger partial charge is 0.394 e. The van der Waals surface area contributed by atoms with Crippen molar-refractivity contribution >= 4 is 5.91 Å². The van der Waals surface area contributed by atoms with Crippen LogP contribution >= 0.6 is 0 Å². The fourth-order valence-corrected chi connectivity index (χ4v) is 6.74. The summed E-state index contributed by atoms with van der Waals surface area (Å²) in [6, 6.07) is -0.802. The van der Waals surface area contributed by atoms with Crippen molar-refractivity contribution in [3.05, 3.63) is 24.3 Å². The van der Waals surface area contributed by atoms with Crippen LogP contribution in [-0.4, -0.2) is 87.5 Å². The Hall–Kier alpha value is -1.33. The van der Waals surface area contributed by atoms with E-state index < -0.39 is 49.5 Å². The van der Waals surface area contributed by atoms with Gasteiger partial charge in [0.1, 0.15) is 24.4 Å². The standard InChI is InChI=1S/C43H81NO8/c1-3-5-7-9-11-13-15-17-19-21-23-25-27-29-31-33-39(47)44-36(35-51-43-42(50)41(49)40(48)38(34-45)52-43)37(46)32-30-28-26-24-22-20-18-16-14-12-10-8-6-4-2/h13,15,30,32,36-38,40-43,45-46,48-50H,3-12,14,16-29,31,33-35H2,1-2H3,(H,44,47)/b15-13-,32-30+. The van der Waals surface area contributed by atoms with Gasteiger partial charge in [-0.15, -0.1) is 0 Å². The summed E-state index contributed by atoms with van der Waals surface area (Å²) in [5.74, 6) is -0.183. The normalized spacial score (nSPS) is 22.0. The molecule has 1 rings (SSSR count). The average molecular weight is 740 g/mol. The van der Waals surface area contributed by atoms with Crippen molar-refractivity contribution in [1.29, 1.82) is 0 Å². The second-order valence-electron chi connectivity index (χ2n) is 15.1. The predicted molar refractivity (Wildman–Crippen MR) is 212 cm³/mol. The number of nitrogens with one attached hydrogen (secondary N) is 1. The van der Waals surface area contributed by atoms with Crippen LogP contribution in [0.3, 0.4) is 0 Å². The molecule has 1 heterocycles. The zero-order valence-corrected chi connectivity index (χ0v) is 33.3. The van der Waals surface area contributed by atoms with Crippen LogP contribution < -0.4 is 5.32 Å². The lowest BCUT2D eigenvalue weighted by atomic mass is 9.99. The number of carbonyl (C=O) groups is 1. The van der Waals surface area contributed by atoms with Gasteiger partial charge in [-0.3, -0.25) is 4.79 Å². The molecule has 0 bridgehead atoms. The van der Waals surface area contributed by atoms with Crippen molar-refractivity contribution < 1.29 is 39.8 Å². The molecule has 0 aromatic rings. The van der Waals surface area contributed by atoms with Gasteiger partial charge >= 0.3 is 0 Å². The Balaban J connectivity index is 2.40. The highest BCUT2D eigenvalue weighted by atomic mass is 16.7. The van der Waals surface area contributed by atoms with Gasteiger partial charge in [0, 0.05) is 6.42 Å². The van der Waals surface area contributed by atoms with Crippen molar-refractivity contribution in [3.63, 3.8) is 0 Å². The Labute approximate surface area is 318 Å². The van der Waals surface area contributed by atoms with Crippen LogP contribution in [0.1, 0.15) is 187 Å². The summed E-state index contributed by atoms with van der Waals surface area (Å²) >= 11 is 0. The number of rotatable bonds is 35. The number of allylic oxidation sites excluding steroid dienone is 3. The zero-order chi connectivity index (χ0) is 38.1. The third-order valence-corrected chi connectivity index (χ3v) is 10.3. The van der Waals surface area contributed by atoms with Crippen LogP contribution in [0.25, 0.3) is 0 Å². The summed E-state index contributed by atoms with van der Waals surface area (Å²) in [6.45, 7) is 3.74.